The lowest BCUT2D eigenvalue weighted by atomic mass is 10.0. The highest BCUT2D eigenvalue weighted by atomic mass is 16.5. The van der Waals surface area contributed by atoms with Crippen molar-refractivity contribution >= 4 is 10.8 Å². The van der Waals surface area contributed by atoms with E-state index in [0.29, 0.717) is 19.0 Å². The first-order valence-electron chi connectivity index (χ1n) is 5.10. The molecule has 0 unspecified atom stereocenters. The Morgan fingerprint density at radius 1 is 1.07 bits per heavy atom. The minimum atomic E-state index is 0.325. The molecule has 0 amide bonds. The van der Waals surface area contributed by atoms with Crippen LogP contribution in [0.25, 0.3) is 10.8 Å². The van der Waals surface area contributed by atoms with Crippen LogP contribution < -0.4 is 0 Å². The molecule has 2 nitrogen and oxygen atoms in total. The lowest BCUT2D eigenvalue weighted by Gasteiger charge is -2.07. The monoisotopic (exact) mass is 202 g/mol. The highest BCUT2D eigenvalue weighted by molar-refractivity contribution is 5.90. The molecule has 0 radical (unpaired) electrons. The topological polar surface area (TPSA) is 29.5 Å². The van der Waals surface area contributed by atoms with E-state index in [2.05, 4.69) is 0 Å². The first-order chi connectivity index (χ1) is 7.33. The van der Waals surface area contributed by atoms with Gasteiger partial charge < -0.3 is 9.84 Å². The van der Waals surface area contributed by atoms with E-state index < -0.39 is 0 Å². The van der Waals surface area contributed by atoms with Gasteiger partial charge in [-0.1, -0.05) is 30.3 Å². The number of fused-ring (bicyclic) bond motifs is 1. The maximum atomic E-state index is 9.68. The first kappa shape index (κ1) is 9.99. The molecule has 2 rings (SSSR count). The van der Waals surface area contributed by atoms with Gasteiger partial charge in [-0.15, -0.1) is 0 Å². The van der Waals surface area contributed by atoms with Crippen molar-refractivity contribution in [3.05, 3.63) is 42.0 Å². The molecule has 0 saturated carbocycles. The average molecular weight is 202 g/mol. The SMILES string of the molecule is CCOCc1ccc(O)c2ccccc12. The molecular weight excluding hydrogens is 188 g/mol. The fraction of sp³-hybridized carbons (Fsp3) is 0.231. The highest BCUT2D eigenvalue weighted by Gasteiger charge is 2.03. The molecule has 0 aliphatic carbocycles. The van der Waals surface area contributed by atoms with Crippen LogP contribution in [0.3, 0.4) is 0 Å². The van der Waals surface area contributed by atoms with Crippen molar-refractivity contribution in [1.29, 1.82) is 0 Å². The number of rotatable bonds is 3. The molecule has 2 heteroatoms. The van der Waals surface area contributed by atoms with Crippen molar-refractivity contribution in [3.8, 4) is 5.75 Å². The molecule has 15 heavy (non-hydrogen) atoms. The number of benzene rings is 2. The van der Waals surface area contributed by atoms with Gasteiger partial charge in [0, 0.05) is 12.0 Å². The molecule has 2 aromatic rings. The van der Waals surface area contributed by atoms with Crippen molar-refractivity contribution in [3.63, 3.8) is 0 Å². The Morgan fingerprint density at radius 3 is 2.53 bits per heavy atom. The molecule has 0 aromatic heterocycles. The predicted octanol–water partition coefficient (Wildman–Crippen LogP) is 3.08. The molecule has 0 atom stereocenters. The van der Waals surface area contributed by atoms with E-state index in [9.17, 15) is 5.11 Å². The third-order valence-electron chi connectivity index (χ3n) is 2.45. The number of ether oxygens (including phenoxy) is 1. The Bertz CT molecular complexity index is 463. The first-order valence-corrected chi connectivity index (χ1v) is 5.10. The van der Waals surface area contributed by atoms with Crippen molar-refractivity contribution in [2.24, 2.45) is 0 Å². The van der Waals surface area contributed by atoms with E-state index in [1.165, 1.54) is 0 Å². The maximum absolute atomic E-state index is 9.68. The summed E-state index contributed by atoms with van der Waals surface area (Å²) in [6.45, 7) is 3.27. The highest BCUT2D eigenvalue weighted by Crippen LogP contribution is 2.27. The average Bonchev–Trinajstić information content (AvgIpc) is 2.29. The lowest BCUT2D eigenvalue weighted by molar-refractivity contribution is 0.135. The van der Waals surface area contributed by atoms with Crippen LogP contribution in [0.15, 0.2) is 36.4 Å². The number of hydrogen-bond donors (Lipinski definition) is 1. The molecule has 0 spiro atoms. The van der Waals surface area contributed by atoms with E-state index in [4.69, 9.17) is 4.74 Å². The summed E-state index contributed by atoms with van der Waals surface area (Å²) in [6.07, 6.45) is 0. The van der Waals surface area contributed by atoms with E-state index in [1.807, 2.05) is 37.3 Å². The van der Waals surface area contributed by atoms with Gasteiger partial charge in [0.25, 0.3) is 0 Å². The van der Waals surface area contributed by atoms with Crippen LogP contribution in [0, 0.1) is 0 Å². The second-order valence-electron chi connectivity index (χ2n) is 3.43. The van der Waals surface area contributed by atoms with Gasteiger partial charge in [-0.2, -0.15) is 0 Å². The molecule has 0 bridgehead atoms. The van der Waals surface area contributed by atoms with Gasteiger partial charge in [0.2, 0.25) is 0 Å². The van der Waals surface area contributed by atoms with Crippen molar-refractivity contribution in [1.82, 2.24) is 0 Å². The molecule has 0 fully saturated rings. The molecule has 0 heterocycles. The zero-order valence-electron chi connectivity index (χ0n) is 8.73. The van der Waals surface area contributed by atoms with Crippen LogP contribution in [0.4, 0.5) is 0 Å². The molecule has 2 aromatic carbocycles. The summed E-state index contributed by atoms with van der Waals surface area (Å²) >= 11 is 0. The fourth-order valence-electron chi connectivity index (χ4n) is 1.68. The molecule has 1 N–H and O–H groups in total. The summed E-state index contributed by atoms with van der Waals surface area (Å²) in [7, 11) is 0. The van der Waals surface area contributed by atoms with Gasteiger partial charge in [0.15, 0.2) is 0 Å². The zero-order chi connectivity index (χ0) is 10.7. The largest absolute Gasteiger partial charge is 0.507 e. The summed E-state index contributed by atoms with van der Waals surface area (Å²) < 4.78 is 5.39. The van der Waals surface area contributed by atoms with Gasteiger partial charge in [0.1, 0.15) is 5.75 Å². The Balaban J connectivity index is 2.51. The van der Waals surface area contributed by atoms with E-state index in [-0.39, 0.29) is 0 Å². The van der Waals surface area contributed by atoms with Crippen LogP contribution in [0.2, 0.25) is 0 Å². The molecule has 0 aliphatic heterocycles. The zero-order valence-corrected chi connectivity index (χ0v) is 8.73. The van der Waals surface area contributed by atoms with Crippen molar-refractivity contribution in [2.75, 3.05) is 6.61 Å². The third-order valence-corrected chi connectivity index (χ3v) is 2.45. The predicted molar refractivity (Wildman–Crippen MR) is 60.9 cm³/mol. The van der Waals surface area contributed by atoms with Crippen LogP contribution in [-0.2, 0) is 11.3 Å². The van der Waals surface area contributed by atoms with Crippen molar-refractivity contribution < 1.29 is 9.84 Å². The second-order valence-corrected chi connectivity index (χ2v) is 3.43. The van der Waals surface area contributed by atoms with Crippen LogP contribution in [0.5, 0.6) is 5.75 Å². The summed E-state index contributed by atoms with van der Waals surface area (Å²) in [6, 6.07) is 11.4. The minimum absolute atomic E-state index is 0.325. The number of hydrogen-bond acceptors (Lipinski definition) is 2. The van der Waals surface area contributed by atoms with Gasteiger partial charge >= 0.3 is 0 Å². The fourth-order valence-corrected chi connectivity index (χ4v) is 1.68. The summed E-state index contributed by atoms with van der Waals surface area (Å²) in [5, 5.41) is 11.6. The van der Waals surface area contributed by atoms with Gasteiger partial charge in [0.05, 0.1) is 6.61 Å². The van der Waals surface area contributed by atoms with Gasteiger partial charge in [-0.05, 0) is 23.9 Å². The Morgan fingerprint density at radius 2 is 1.80 bits per heavy atom. The Labute approximate surface area is 89.1 Å². The summed E-state index contributed by atoms with van der Waals surface area (Å²) in [5.74, 6) is 0.325. The van der Waals surface area contributed by atoms with Crippen LogP contribution >= 0.6 is 0 Å². The van der Waals surface area contributed by atoms with Crippen molar-refractivity contribution in [2.45, 2.75) is 13.5 Å². The van der Waals surface area contributed by atoms with Crippen LogP contribution in [-0.4, -0.2) is 11.7 Å². The maximum Gasteiger partial charge on any atom is 0.123 e. The number of phenolic OH excluding ortho intramolecular Hbond substituents is 1. The summed E-state index contributed by atoms with van der Waals surface area (Å²) in [4.78, 5) is 0. The van der Waals surface area contributed by atoms with E-state index in [1.54, 1.807) is 6.07 Å². The smallest absolute Gasteiger partial charge is 0.123 e. The number of phenols is 1. The minimum Gasteiger partial charge on any atom is -0.507 e. The Kier molecular flexibility index (Phi) is 2.88. The second kappa shape index (κ2) is 4.32. The third kappa shape index (κ3) is 1.95. The van der Waals surface area contributed by atoms with Gasteiger partial charge in [-0.3, -0.25) is 0 Å². The molecule has 0 saturated heterocycles. The Hall–Kier alpha value is -1.54. The van der Waals surface area contributed by atoms with E-state index >= 15 is 0 Å². The van der Waals surface area contributed by atoms with E-state index in [0.717, 1.165) is 16.3 Å². The number of aromatic hydroxyl groups is 1. The molecule has 78 valence electrons. The molecule has 0 aliphatic rings. The standard InChI is InChI=1S/C13H14O2/c1-2-15-9-10-7-8-13(14)12-6-4-3-5-11(10)12/h3-8,14H,2,9H2,1H3. The van der Waals surface area contributed by atoms with Gasteiger partial charge in [-0.25, -0.2) is 0 Å². The van der Waals surface area contributed by atoms with Crippen LogP contribution in [0.1, 0.15) is 12.5 Å². The summed E-state index contributed by atoms with van der Waals surface area (Å²) in [5.41, 5.74) is 1.12. The lowest BCUT2D eigenvalue weighted by Crippen LogP contribution is -1.92. The quantitative estimate of drug-likeness (QED) is 0.828. The normalized spacial score (nSPS) is 10.7. The molecular formula is C13H14O2.